The summed E-state index contributed by atoms with van der Waals surface area (Å²) in [6, 6.07) is 0.00124. The third-order valence-corrected chi connectivity index (χ3v) is 8.06. The summed E-state index contributed by atoms with van der Waals surface area (Å²) >= 11 is 0. The number of sulfone groups is 1. The van der Waals surface area contributed by atoms with Crippen molar-refractivity contribution in [2.45, 2.75) is 68.2 Å². The minimum atomic E-state index is -3.53. The molecule has 3 aliphatic rings. The molecule has 150 valence electrons. The van der Waals surface area contributed by atoms with Crippen LogP contribution in [0.3, 0.4) is 0 Å². The average molecular weight is 408 g/mol. The summed E-state index contributed by atoms with van der Waals surface area (Å²) in [6.45, 7) is 1.53. The number of rotatable bonds is 4. The van der Waals surface area contributed by atoms with Gasteiger partial charge in [0.2, 0.25) is 11.8 Å². The SMILES string of the molecule is CS(=O)(=O)C1(C(=O)NC2CC(=O)N(C3CCCCC3)C2)CCNCC1.Cl. The van der Waals surface area contributed by atoms with Crippen LogP contribution in [0.25, 0.3) is 0 Å². The summed E-state index contributed by atoms with van der Waals surface area (Å²) in [7, 11) is -3.53. The first-order chi connectivity index (χ1) is 11.8. The van der Waals surface area contributed by atoms with Gasteiger partial charge >= 0.3 is 0 Å². The maximum absolute atomic E-state index is 12.9. The minimum Gasteiger partial charge on any atom is -0.350 e. The highest BCUT2D eigenvalue weighted by molar-refractivity contribution is 7.92. The van der Waals surface area contributed by atoms with Gasteiger partial charge in [0.15, 0.2) is 14.6 Å². The topological polar surface area (TPSA) is 95.6 Å². The number of hydrogen-bond acceptors (Lipinski definition) is 5. The number of nitrogens with zero attached hydrogens (tertiary/aromatic N) is 1. The molecule has 2 aliphatic heterocycles. The van der Waals surface area contributed by atoms with Gasteiger partial charge in [0.05, 0.1) is 6.04 Å². The lowest BCUT2D eigenvalue weighted by atomic mass is 9.94. The van der Waals surface area contributed by atoms with Gasteiger partial charge in [-0.2, -0.15) is 0 Å². The van der Waals surface area contributed by atoms with Crippen LogP contribution < -0.4 is 10.6 Å². The van der Waals surface area contributed by atoms with Crippen molar-refractivity contribution in [3.8, 4) is 0 Å². The van der Waals surface area contributed by atoms with E-state index >= 15 is 0 Å². The number of amides is 2. The molecule has 0 spiro atoms. The Morgan fingerprint density at radius 2 is 1.81 bits per heavy atom. The number of hydrogen-bond donors (Lipinski definition) is 2. The quantitative estimate of drug-likeness (QED) is 0.712. The van der Waals surface area contributed by atoms with Crippen LogP contribution >= 0.6 is 12.4 Å². The van der Waals surface area contributed by atoms with Gasteiger partial charge in [0.25, 0.3) is 0 Å². The molecule has 26 heavy (non-hydrogen) atoms. The first-order valence-electron chi connectivity index (χ1n) is 9.34. The highest BCUT2D eigenvalue weighted by Gasteiger charge is 2.49. The molecule has 0 bridgehead atoms. The van der Waals surface area contributed by atoms with Gasteiger partial charge < -0.3 is 15.5 Å². The van der Waals surface area contributed by atoms with E-state index in [1.54, 1.807) is 0 Å². The van der Waals surface area contributed by atoms with Gasteiger partial charge in [-0.05, 0) is 38.8 Å². The van der Waals surface area contributed by atoms with Crippen LogP contribution in [-0.2, 0) is 19.4 Å². The zero-order chi connectivity index (χ0) is 18.1. The Hall–Kier alpha value is -0.860. The van der Waals surface area contributed by atoms with Gasteiger partial charge in [0.1, 0.15) is 0 Å². The monoisotopic (exact) mass is 407 g/mol. The third kappa shape index (κ3) is 4.17. The fourth-order valence-electron chi connectivity index (χ4n) is 4.49. The van der Waals surface area contributed by atoms with Crippen LogP contribution in [0.15, 0.2) is 0 Å². The normalized spacial score (nSPS) is 27.0. The molecular weight excluding hydrogens is 378 g/mol. The predicted molar refractivity (Wildman–Crippen MR) is 102 cm³/mol. The highest BCUT2D eigenvalue weighted by Crippen LogP contribution is 2.30. The molecule has 2 N–H and O–H groups in total. The van der Waals surface area contributed by atoms with Gasteiger partial charge in [0, 0.05) is 25.3 Å². The summed E-state index contributed by atoms with van der Waals surface area (Å²) in [5, 5.41) is 6.00. The van der Waals surface area contributed by atoms with Crippen molar-refractivity contribution in [3.05, 3.63) is 0 Å². The Morgan fingerprint density at radius 3 is 2.38 bits per heavy atom. The summed E-state index contributed by atoms with van der Waals surface area (Å²) < 4.78 is 23.3. The Kier molecular flexibility index (Phi) is 6.96. The molecule has 2 saturated heterocycles. The fourth-order valence-corrected chi connectivity index (χ4v) is 5.83. The van der Waals surface area contributed by atoms with Gasteiger partial charge in [-0.1, -0.05) is 19.3 Å². The van der Waals surface area contributed by atoms with Crippen molar-refractivity contribution in [1.82, 2.24) is 15.5 Å². The van der Waals surface area contributed by atoms with Crippen LogP contribution in [-0.4, -0.2) is 67.9 Å². The maximum Gasteiger partial charge on any atom is 0.241 e. The Labute approximate surface area is 162 Å². The second kappa shape index (κ2) is 8.44. The summed E-state index contributed by atoms with van der Waals surface area (Å²) in [4.78, 5) is 27.1. The first kappa shape index (κ1) is 21.4. The van der Waals surface area contributed by atoms with E-state index in [4.69, 9.17) is 0 Å². The maximum atomic E-state index is 12.9. The average Bonchev–Trinajstić information content (AvgIpc) is 2.95. The molecule has 2 amide bonds. The van der Waals surface area contributed by atoms with Crippen molar-refractivity contribution in [2.75, 3.05) is 25.9 Å². The zero-order valence-corrected chi connectivity index (χ0v) is 17.0. The van der Waals surface area contributed by atoms with Crippen LogP contribution in [0.5, 0.6) is 0 Å². The van der Waals surface area contributed by atoms with E-state index in [0.29, 0.717) is 19.6 Å². The van der Waals surface area contributed by atoms with E-state index in [-0.39, 0.29) is 49.7 Å². The second-order valence-electron chi connectivity index (χ2n) is 7.73. The number of carbonyl (C=O) groups is 2. The number of piperidine rings is 1. The van der Waals surface area contributed by atoms with Gasteiger partial charge in [-0.25, -0.2) is 8.42 Å². The summed E-state index contributed by atoms with van der Waals surface area (Å²) in [5.41, 5.74) is 0. The lowest BCUT2D eigenvalue weighted by Gasteiger charge is -2.35. The molecule has 1 aliphatic carbocycles. The third-order valence-electron chi connectivity index (χ3n) is 6.04. The van der Waals surface area contributed by atoms with E-state index in [2.05, 4.69) is 10.6 Å². The Balaban J connectivity index is 0.00000243. The molecule has 0 aromatic carbocycles. The van der Waals surface area contributed by atoms with E-state index in [1.807, 2.05) is 4.90 Å². The molecular formula is C17H30ClN3O4S. The van der Waals surface area contributed by atoms with E-state index in [1.165, 1.54) is 6.42 Å². The lowest BCUT2D eigenvalue weighted by Crippen LogP contribution is -2.59. The van der Waals surface area contributed by atoms with Crippen LogP contribution in [0, 0.1) is 0 Å². The minimum absolute atomic E-state index is 0. The summed E-state index contributed by atoms with van der Waals surface area (Å²) in [5.74, 6) is -0.351. The largest absolute Gasteiger partial charge is 0.350 e. The van der Waals surface area contributed by atoms with Crippen molar-refractivity contribution in [2.24, 2.45) is 0 Å². The van der Waals surface area contributed by atoms with Crippen molar-refractivity contribution in [1.29, 1.82) is 0 Å². The first-order valence-corrected chi connectivity index (χ1v) is 11.2. The molecule has 1 atom stereocenters. The van der Waals surface area contributed by atoms with E-state index < -0.39 is 20.5 Å². The molecule has 0 radical (unpaired) electrons. The van der Waals surface area contributed by atoms with Gasteiger partial charge in [-0.3, -0.25) is 9.59 Å². The molecule has 0 aromatic heterocycles. The smallest absolute Gasteiger partial charge is 0.241 e. The number of halogens is 1. The van der Waals surface area contributed by atoms with Gasteiger partial charge in [-0.15, -0.1) is 12.4 Å². The standard InChI is InChI=1S/C17H29N3O4S.ClH/c1-25(23,24)17(7-9-18-10-8-17)16(22)19-13-11-15(21)20(12-13)14-5-3-2-4-6-14;/h13-14,18H,2-12H2,1H3,(H,19,22);1H. The van der Waals surface area contributed by atoms with E-state index in [0.717, 1.165) is 31.9 Å². The molecule has 3 fully saturated rings. The number of likely N-dealkylation sites (tertiary alicyclic amines) is 1. The molecule has 0 aromatic rings. The van der Waals surface area contributed by atoms with Crippen LogP contribution in [0.2, 0.25) is 0 Å². The number of nitrogens with one attached hydrogen (secondary N) is 2. The van der Waals surface area contributed by atoms with Crippen molar-refractivity contribution < 1.29 is 18.0 Å². The zero-order valence-electron chi connectivity index (χ0n) is 15.3. The Bertz CT molecular complexity index is 628. The van der Waals surface area contributed by atoms with E-state index in [9.17, 15) is 18.0 Å². The number of carbonyl (C=O) groups excluding carboxylic acids is 2. The molecule has 1 saturated carbocycles. The molecule has 1 unspecified atom stereocenters. The molecule has 9 heteroatoms. The highest BCUT2D eigenvalue weighted by atomic mass is 35.5. The van der Waals surface area contributed by atoms with Crippen molar-refractivity contribution in [3.63, 3.8) is 0 Å². The lowest BCUT2D eigenvalue weighted by molar-refractivity contribution is -0.130. The van der Waals surface area contributed by atoms with Crippen LogP contribution in [0.1, 0.15) is 51.4 Å². The van der Waals surface area contributed by atoms with Crippen LogP contribution in [0.4, 0.5) is 0 Å². The second-order valence-corrected chi connectivity index (χ2v) is 10.1. The summed E-state index contributed by atoms with van der Waals surface area (Å²) in [6.07, 6.45) is 7.58. The molecule has 3 rings (SSSR count). The fraction of sp³-hybridized carbons (Fsp3) is 0.882. The molecule has 7 nitrogen and oxygen atoms in total. The molecule has 2 heterocycles. The predicted octanol–water partition coefficient (Wildman–Crippen LogP) is 0.625. The Morgan fingerprint density at radius 1 is 1.19 bits per heavy atom. The van der Waals surface area contributed by atoms with Crippen molar-refractivity contribution >= 4 is 34.1 Å².